The number of nitrogens with zero attached hydrogens (tertiary/aromatic N) is 3. The van der Waals surface area contributed by atoms with E-state index < -0.39 is 5.97 Å². The van der Waals surface area contributed by atoms with Crippen molar-refractivity contribution in [2.45, 2.75) is 6.92 Å². The van der Waals surface area contributed by atoms with Crippen LogP contribution in [0.5, 0.6) is 5.75 Å². The van der Waals surface area contributed by atoms with Gasteiger partial charge in [-0.3, -0.25) is 0 Å². The molecule has 0 atom stereocenters. The molecule has 6 nitrogen and oxygen atoms in total. The molecule has 2 aromatic carbocycles. The van der Waals surface area contributed by atoms with Crippen LogP contribution in [0.3, 0.4) is 0 Å². The Morgan fingerprint density at radius 2 is 1.59 bits per heavy atom. The lowest BCUT2D eigenvalue weighted by Crippen LogP contribution is -2.11. The predicted molar refractivity (Wildman–Crippen MR) is 111 cm³/mol. The van der Waals surface area contributed by atoms with Crippen molar-refractivity contribution in [1.82, 2.24) is 15.2 Å². The fraction of sp³-hybridized carbons (Fsp3) is 0.130. The zero-order valence-corrected chi connectivity index (χ0v) is 16.1. The van der Waals surface area contributed by atoms with Crippen LogP contribution in [0.15, 0.2) is 67.0 Å². The lowest BCUT2D eigenvalue weighted by Gasteiger charge is -2.15. The number of rotatable bonds is 5. The van der Waals surface area contributed by atoms with E-state index in [4.69, 9.17) is 14.5 Å². The summed E-state index contributed by atoms with van der Waals surface area (Å²) in [6.45, 7) is 2.04. The third-order valence-corrected chi connectivity index (χ3v) is 4.61. The zero-order valence-electron chi connectivity index (χ0n) is 16.1. The van der Waals surface area contributed by atoms with E-state index in [9.17, 15) is 4.79 Å². The second kappa shape index (κ2) is 8.06. The first-order valence-electron chi connectivity index (χ1n) is 9.24. The summed E-state index contributed by atoms with van der Waals surface area (Å²) in [5, 5.41) is 9.70. The number of benzene rings is 2. The van der Waals surface area contributed by atoms with E-state index in [1.54, 1.807) is 26.4 Å². The third kappa shape index (κ3) is 3.52. The van der Waals surface area contributed by atoms with Crippen molar-refractivity contribution in [2.75, 3.05) is 13.7 Å². The van der Waals surface area contributed by atoms with Crippen molar-refractivity contribution >= 4 is 16.7 Å². The Morgan fingerprint density at radius 3 is 2.24 bits per heavy atom. The summed E-state index contributed by atoms with van der Waals surface area (Å²) in [7, 11) is 1.62. The Balaban J connectivity index is 2.04. The van der Waals surface area contributed by atoms with Crippen molar-refractivity contribution in [3.05, 3.63) is 72.7 Å². The number of pyridine rings is 1. The topological polar surface area (TPSA) is 74.2 Å². The Hall–Kier alpha value is -3.80. The molecule has 29 heavy (non-hydrogen) atoms. The third-order valence-electron chi connectivity index (χ3n) is 4.61. The van der Waals surface area contributed by atoms with Crippen LogP contribution in [0.4, 0.5) is 0 Å². The van der Waals surface area contributed by atoms with Gasteiger partial charge < -0.3 is 9.47 Å². The Morgan fingerprint density at radius 1 is 0.897 bits per heavy atom. The van der Waals surface area contributed by atoms with Crippen LogP contribution in [-0.2, 0) is 4.74 Å². The molecule has 0 aliphatic carbocycles. The van der Waals surface area contributed by atoms with Crippen LogP contribution in [0.1, 0.15) is 17.4 Å². The number of carbonyl (C=O) groups is 1. The van der Waals surface area contributed by atoms with Crippen LogP contribution in [0.2, 0.25) is 0 Å². The second-order valence-electron chi connectivity index (χ2n) is 6.32. The summed E-state index contributed by atoms with van der Waals surface area (Å²) < 4.78 is 10.6. The number of methoxy groups -OCH3 is 1. The molecule has 0 bridgehead atoms. The highest BCUT2D eigenvalue weighted by Gasteiger charge is 2.22. The SMILES string of the molecule is CCOC(=O)c1nc(-c2ccc(OC)cc2)c2cnncc2c1-c1ccccc1. The van der Waals surface area contributed by atoms with Gasteiger partial charge in [0.15, 0.2) is 5.69 Å². The van der Waals surface area contributed by atoms with Gasteiger partial charge in [0.05, 0.1) is 31.8 Å². The summed E-state index contributed by atoms with van der Waals surface area (Å²) in [6.07, 6.45) is 3.33. The van der Waals surface area contributed by atoms with Crippen LogP contribution < -0.4 is 4.74 Å². The first kappa shape index (κ1) is 18.6. The van der Waals surface area contributed by atoms with E-state index in [0.29, 0.717) is 11.3 Å². The minimum absolute atomic E-state index is 0.254. The van der Waals surface area contributed by atoms with E-state index in [1.807, 2.05) is 54.6 Å². The summed E-state index contributed by atoms with van der Waals surface area (Å²) >= 11 is 0. The molecule has 4 rings (SSSR count). The highest BCUT2D eigenvalue weighted by molar-refractivity contribution is 6.10. The standard InChI is InChI=1S/C23H19N3O3/c1-3-29-23(27)22-20(15-7-5-4-6-8-15)18-13-24-25-14-19(18)21(26-22)16-9-11-17(28-2)12-10-16/h4-14H,3H2,1-2H3. The van der Waals surface area contributed by atoms with Gasteiger partial charge >= 0.3 is 5.97 Å². The lowest BCUT2D eigenvalue weighted by atomic mass is 9.95. The molecule has 0 aliphatic rings. The number of aromatic nitrogens is 3. The molecular formula is C23H19N3O3. The van der Waals surface area contributed by atoms with E-state index in [-0.39, 0.29) is 12.3 Å². The molecule has 144 valence electrons. The molecule has 2 aromatic heterocycles. The Bertz CT molecular complexity index is 1160. The van der Waals surface area contributed by atoms with Crippen LogP contribution in [-0.4, -0.2) is 34.9 Å². The van der Waals surface area contributed by atoms with Crippen molar-refractivity contribution in [2.24, 2.45) is 0 Å². The molecule has 0 N–H and O–H groups in total. The number of esters is 1. The van der Waals surface area contributed by atoms with E-state index >= 15 is 0 Å². The summed E-state index contributed by atoms with van der Waals surface area (Å²) in [6, 6.07) is 17.1. The molecule has 0 amide bonds. The van der Waals surface area contributed by atoms with Crippen LogP contribution in [0.25, 0.3) is 33.2 Å². The quantitative estimate of drug-likeness (QED) is 0.470. The van der Waals surface area contributed by atoms with Crippen LogP contribution in [0, 0.1) is 0 Å². The van der Waals surface area contributed by atoms with Gasteiger partial charge in [-0.1, -0.05) is 30.3 Å². The number of hydrogen-bond acceptors (Lipinski definition) is 6. The molecule has 6 heteroatoms. The molecule has 0 spiro atoms. The maximum absolute atomic E-state index is 12.8. The van der Waals surface area contributed by atoms with Gasteiger partial charge in [-0.15, -0.1) is 0 Å². The maximum atomic E-state index is 12.8. The molecule has 0 radical (unpaired) electrons. The zero-order chi connectivity index (χ0) is 20.2. The van der Waals surface area contributed by atoms with Gasteiger partial charge in [-0.2, -0.15) is 10.2 Å². The van der Waals surface area contributed by atoms with Gasteiger partial charge in [-0.05, 0) is 36.8 Å². The normalized spacial score (nSPS) is 10.7. The van der Waals surface area contributed by atoms with Crippen molar-refractivity contribution in [3.63, 3.8) is 0 Å². The van der Waals surface area contributed by atoms with E-state index in [1.165, 1.54) is 0 Å². The average molecular weight is 385 g/mol. The number of hydrogen-bond donors (Lipinski definition) is 0. The van der Waals surface area contributed by atoms with E-state index in [0.717, 1.165) is 27.6 Å². The van der Waals surface area contributed by atoms with Gasteiger partial charge in [0, 0.05) is 21.9 Å². The van der Waals surface area contributed by atoms with Crippen LogP contribution >= 0.6 is 0 Å². The second-order valence-corrected chi connectivity index (χ2v) is 6.32. The fourth-order valence-corrected chi connectivity index (χ4v) is 3.28. The summed E-state index contributed by atoms with van der Waals surface area (Å²) in [5.41, 5.74) is 3.28. The summed E-state index contributed by atoms with van der Waals surface area (Å²) in [5.74, 6) is 0.268. The fourth-order valence-electron chi connectivity index (χ4n) is 3.28. The predicted octanol–water partition coefficient (Wildman–Crippen LogP) is 4.54. The Labute approximate surface area is 168 Å². The molecule has 4 aromatic rings. The minimum atomic E-state index is -0.472. The largest absolute Gasteiger partial charge is 0.497 e. The first-order valence-corrected chi connectivity index (χ1v) is 9.24. The molecule has 2 heterocycles. The lowest BCUT2D eigenvalue weighted by molar-refractivity contribution is 0.0521. The van der Waals surface area contributed by atoms with Gasteiger partial charge in [-0.25, -0.2) is 9.78 Å². The summed E-state index contributed by atoms with van der Waals surface area (Å²) in [4.78, 5) is 17.6. The van der Waals surface area contributed by atoms with Crippen molar-refractivity contribution in [3.8, 4) is 28.1 Å². The van der Waals surface area contributed by atoms with E-state index in [2.05, 4.69) is 10.2 Å². The Kier molecular flexibility index (Phi) is 5.16. The monoisotopic (exact) mass is 385 g/mol. The molecule has 0 saturated carbocycles. The maximum Gasteiger partial charge on any atom is 0.357 e. The highest BCUT2D eigenvalue weighted by Crippen LogP contribution is 2.36. The number of carbonyl (C=O) groups excluding carboxylic acids is 1. The first-order chi connectivity index (χ1) is 14.2. The van der Waals surface area contributed by atoms with Crippen molar-refractivity contribution in [1.29, 1.82) is 0 Å². The molecular weight excluding hydrogens is 366 g/mol. The highest BCUT2D eigenvalue weighted by atomic mass is 16.5. The molecule has 0 saturated heterocycles. The number of ether oxygens (including phenoxy) is 2. The molecule has 0 unspecified atom stereocenters. The molecule has 0 fully saturated rings. The average Bonchev–Trinajstić information content (AvgIpc) is 2.79. The smallest absolute Gasteiger partial charge is 0.357 e. The number of fused-ring (bicyclic) bond motifs is 1. The van der Waals surface area contributed by atoms with Gasteiger partial charge in [0.1, 0.15) is 5.75 Å². The molecule has 0 aliphatic heterocycles. The van der Waals surface area contributed by atoms with Gasteiger partial charge in [0.2, 0.25) is 0 Å². The van der Waals surface area contributed by atoms with Gasteiger partial charge in [0.25, 0.3) is 0 Å². The minimum Gasteiger partial charge on any atom is -0.497 e. The van der Waals surface area contributed by atoms with Crippen molar-refractivity contribution < 1.29 is 14.3 Å².